The molecule has 0 saturated heterocycles. The first kappa shape index (κ1) is 8.59. The number of benzene rings is 1. The van der Waals surface area contributed by atoms with Crippen molar-refractivity contribution in [3.8, 4) is 12.1 Å². The van der Waals surface area contributed by atoms with Crippen LogP contribution >= 0.6 is 11.6 Å². The van der Waals surface area contributed by atoms with E-state index in [0.717, 1.165) is 0 Å². The van der Waals surface area contributed by atoms with E-state index in [0.29, 0.717) is 21.7 Å². The summed E-state index contributed by atoms with van der Waals surface area (Å²) in [5.74, 6) is 0. The number of nitrogens with zero attached hydrogens (tertiary/aromatic N) is 2. The Morgan fingerprint density at radius 2 is 1.58 bits per heavy atom. The van der Waals surface area contributed by atoms with Gasteiger partial charge in [0.15, 0.2) is 0 Å². The highest BCUT2D eigenvalue weighted by molar-refractivity contribution is 6.30. The molecule has 0 radical (unpaired) electrons. The van der Waals surface area contributed by atoms with Crippen LogP contribution in [0.25, 0.3) is 0 Å². The normalized spacial score (nSPS) is 8.67. The fourth-order valence-electron chi connectivity index (χ4n) is 0.911. The van der Waals surface area contributed by atoms with Gasteiger partial charge < -0.3 is 0 Å². The van der Waals surface area contributed by atoms with Crippen LogP contribution in [-0.4, -0.2) is 0 Å². The molecule has 2 nitrogen and oxygen atoms in total. The zero-order chi connectivity index (χ0) is 9.14. The monoisotopic (exact) mass is 176 g/mol. The minimum Gasteiger partial charge on any atom is -0.192 e. The Labute approximate surface area is 75.6 Å². The van der Waals surface area contributed by atoms with Crippen LogP contribution in [0.3, 0.4) is 0 Å². The van der Waals surface area contributed by atoms with E-state index in [1.165, 1.54) is 0 Å². The lowest BCUT2D eigenvalue weighted by molar-refractivity contribution is 1.35. The smallest absolute Gasteiger partial charge is 0.0995 e. The van der Waals surface area contributed by atoms with Gasteiger partial charge in [-0.1, -0.05) is 11.6 Å². The highest BCUT2D eigenvalue weighted by atomic mass is 35.5. The molecule has 12 heavy (non-hydrogen) atoms. The Balaban J connectivity index is 3.48. The average molecular weight is 177 g/mol. The Kier molecular flexibility index (Phi) is 2.33. The third kappa shape index (κ3) is 1.39. The maximum atomic E-state index is 8.64. The maximum Gasteiger partial charge on any atom is 0.0995 e. The molecular formula is C9H5ClN2. The molecule has 0 aliphatic heterocycles. The first-order valence-corrected chi connectivity index (χ1v) is 3.67. The summed E-state index contributed by atoms with van der Waals surface area (Å²) < 4.78 is 0. The molecule has 0 amide bonds. The summed E-state index contributed by atoms with van der Waals surface area (Å²) in [6.07, 6.45) is 0. The van der Waals surface area contributed by atoms with Crippen molar-refractivity contribution in [3.63, 3.8) is 0 Å². The Hall–Kier alpha value is -1.51. The van der Waals surface area contributed by atoms with E-state index in [9.17, 15) is 0 Å². The van der Waals surface area contributed by atoms with Gasteiger partial charge in [0.2, 0.25) is 0 Å². The van der Waals surface area contributed by atoms with Crippen LogP contribution in [0.4, 0.5) is 0 Å². The number of nitriles is 2. The maximum absolute atomic E-state index is 8.64. The molecule has 0 N–H and O–H groups in total. The molecule has 1 aromatic carbocycles. The van der Waals surface area contributed by atoms with Gasteiger partial charge in [-0.3, -0.25) is 0 Å². The second kappa shape index (κ2) is 3.26. The summed E-state index contributed by atoms with van der Waals surface area (Å²) in [7, 11) is 0. The molecule has 0 bridgehead atoms. The summed E-state index contributed by atoms with van der Waals surface area (Å²) in [6, 6.07) is 7.06. The lowest BCUT2D eigenvalue weighted by Gasteiger charge is -1.99. The molecule has 3 heteroatoms. The number of halogens is 1. The summed E-state index contributed by atoms with van der Waals surface area (Å²) in [6.45, 7) is 1.73. The largest absolute Gasteiger partial charge is 0.192 e. The van der Waals surface area contributed by atoms with Gasteiger partial charge in [0.05, 0.1) is 23.3 Å². The van der Waals surface area contributed by atoms with E-state index in [2.05, 4.69) is 0 Å². The lowest BCUT2D eigenvalue weighted by atomic mass is 10.0. The van der Waals surface area contributed by atoms with E-state index in [4.69, 9.17) is 22.1 Å². The molecule has 0 aliphatic rings. The predicted octanol–water partition coefficient (Wildman–Crippen LogP) is 2.39. The topological polar surface area (TPSA) is 47.6 Å². The van der Waals surface area contributed by atoms with Crippen LogP contribution in [0.1, 0.15) is 16.7 Å². The number of hydrogen-bond donors (Lipinski definition) is 0. The standard InChI is InChI=1S/C9H5ClN2/c1-6-7(4-11)2-9(10)3-8(6)5-12/h2-3H,1H3. The summed E-state index contributed by atoms with van der Waals surface area (Å²) in [4.78, 5) is 0. The molecule has 1 aromatic rings. The summed E-state index contributed by atoms with van der Waals surface area (Å²) in [5.41, 5.74) is 1.60. The van der Waals surface area contributed by atoms with Crippen LogP contribution in [0.15, 0.2) is 12.1 Å². The van der Waals surface area contributed by atoms with Gasteiger partial charge in [-0.2, -0.15) is 10.5 Å². The van der Waals surface area contributed by atoms with Gasteiger partial charge in [-0.05, 0) is 24.6 Å². The van der Waals surface area contributed by atoms with Crippen molar-refractivity contribution in [2.24, 2.45) is 0 Å². The molecule has 0 atom stereocenters. The quantitative estimate of drug-likeness (QED) is 0.610. The molecule has 0 unspecified atom stereocenters. The van der Waals surface area contributed by atoms with Gasteiger partial charge in [0, 0.05) is 5.02 Å². The van der Waals surface area contributed by atoms with Crippen LogP contribution in [0.2, 0.25) is 5.02 Å². The number of rotatable bonds is 0. The predicted molar refractivity (Wildman–Crippen MR) is 45.6 cm³/mol. The van der Waals surface area contributed by atoms with Crippen molar-refractivity contribution in [2.75, 3.05) is 0 Å². The van der Waals surface area contributed by atoms with Gasteiger partial charge in [0.25, 0.3) is 0 Å². The van der Waals surface area contributed by atoms with Crippen LogP contribution < -0.4 is 0 Å². The van der Waals surface area contributed by atoms with Crippen molar-refractivity contribution in [3.05, 3.63) is 33.8 Å². The van der Waals surface area contributed by atoms with Gasteiger partial charge in [-0.25, -0.2) is 0 Å². The second-order valence-electron chi connectivity index (χ2n) is 2.35. The minimum absolute atomic E-state index is 0.425. The highest BCUT2D eigenvalue weighted by Gasteiger charge is 2.04. The van der Waals surface area contributed by atoms with E-state index < -0.39 is 0 Å². The molecule has 1 rings (SSSR count). The van der Waals surface area contributed by atoms with Gasteiger partial charge >= 0.3 is 0 Å². The first-order chi connectivity index (χ1) is 5.69. The zero-order valence-corrected chi connectivity index (χ0v) is 7.18. The SMILES string of the molecule is Cc1c(C#N)cc(Cl)cc1C#N. The fraction of sp³-hybridized carbons (Fsp3) is 0.111. The first-order valence-electron chi connectivity index (χ1n) is 3.29. The van der Waals surface area contributed by atoms with Crippen molar-refractivity contribution >= 4 is 11.6 Å². The summed E-state index contributed by atoms with van der Waals surface area (Å²) in [5, 5.41) is 17.7. The average Bonchev–Trinajstić information content (AvgIpc) is 2.08. The van der Waals surface area contributed by atoms with Gasteiger partial charge in [-0.15, -0.1) is 0 Å². The molecule has 0 heterocycles. The molecule has 0 aromatic heterocycles. The fourth-order valence-corrected chi connectivity index (χ4v) is 1.13. The van der Waals surface area contributed by atoms with Crippen molar-refractivity contribution in [2.45, 2.75) is 6.92 Å². The van der Waals surface area contributed by atoms with Gasteiger partial charge in [0.1, 0.15) is 0 Å². The third-order valence-electron chi connectivity index (χ3n) is 1.61. The second-order valence-corrected chi connectivity index (χ2v) is 2.79. The molecule has 0 saturated carbocycles. The van der Waals surface area contributed by atoms with Crippen molar-refractivity contribution in [1.82, 2.24) is 0 Å². The molecule has 0 fully saturated rings. The zero-order valence-electron chi connectivity index (χ0n) is 6.43. The van der Waals surface area contributed by atoms with E-state index >= 15 is 0 Å². The number of hydrogen-bond acceptors (Lipinski definition) is 2. The van der Waals surface area contributed by atoms with E-state index in [1.54, 1.807) is 19.1 Å². The molecule has 58 valence electrons. The minimum atomic E-state index is 0.425. The third-order valence-corrected chi connectivity index (χ3v) is 1.83. The molecule has 0 aliphatic carbocycles. The van der Waals surface area contributed by atoms with E-state index in [1.807, 2.05) is 12.1 Å². The van der Waals surface area contributed by atoms with E-state index in [-0.39, 0.29) is 0 Å². The van der Waals surface area contributed by atoms with Crippen molar-refractivity contribution < 1.29 is 0 Å². The Morgan fingerprint density at radius 3 is 1.92 bits per heavy atom. The lowest BCUT2D eigenvalue weighted by Crippen LogP contribution is -1.87. The summed E-state index contributed by atoms with van der Waals surface area (Å²) >= 11 is 5.68. The highest BCUT2D eigenvalue weighted by Crippen LogP contribution is 2.18. The molecular weight excluding hydrogens is 172 g/mol. The van der Waals surface area contributed by atoms with Crippen molar-refractivity contribution in [1.29, 1.82) is 10.5 Å². The Bertz CT molecular complexity index is 361. The molecule has 0 spiro atoms. The van der Waals surface area contributed by atoms with Crippen LogP contribution in [0.5, 0.6) is 0 Å². The van der Waals surface area contributed by atoms with Crippen LogP contribution in [0, 0.1) is 29.6 Å². The van der Waals surface area contributed by atoms with Crippen LogP contribution in [-0.2, 0) is 0 Å². The Morgan fingerprint density at radius 1 is 1.17 bits per heavy atom.